The molecule has 0 amide bonds. The van der Waals surface area contributed by atoms with E-state index in [2.05, 4.69) is 27.7 Å². The van der Waals surface area contributed by atoms with Crippen LogP contribution in [-0.4, -0.2) is 35.3 Å². The monoisotopic (exact) mass is 460 g/mol. The molecule has 2 aliphatic carbocycles. The van der Waals surface area contributed by atoms with Gasteiger partial charge in [0.2, 0.25) is 0 Å². The second-order valence-corrected chi connectivity index (χ2v) is 11.8. The highest BCUT2D eigenvalue weighted by atomic mass is 16.6. The summed E-state index contributed by atoms with van der Waals surface area (Å²) in [7, 11) is 0. The van der Waals surface area contributed by atoms with Gasteiger partial charge in [-0.1, -0.05) is 50.2 Å². The van der Waals surface area contributed by atoms with Crippen LogP contribution >= 0.6 is 0 Å². The summed E-state index contributed by atoms with van der Waals surface area (Å²) in [5.74, 6) is -0.269. The molecule has 0 aromatic heterocycles. The smallest absolute Gasteiger partial charge is 0.338 e. The number of carbonyl (C=O) groups is 2. The molecule has 2 heterocycles. The Morgan fingerprint density at radius 3 is 1.47 bits per heavy atom. The molecule has 2 saturated carbocycles. The predicted molar refractivity (Wildman–Crippen MR) is 126 cm³/mol. The largest absolute Gasteiger partial charge is 0.454 e. The maximum absolute atomic E-state index is 13.2. The van der Waals surface area contributed by atoms with Crippen molar-refractivity contribution >= 4 is 11.9 Å². The molecule has 4 bridgehead atoms. The van der Waals surface area contributed by atoms with Crippen LogP contribution in [0.1, 0.15) is 67.7 Å². The van der Waals surface area contributed by atoms with Crippen molar-refractivity contribution in [3.8, 4) is 0 Å². The van der Waals surface area contributed by atoms with Gasteiger partial charge in [-0.25, -0.2) is 9.59 Å². The Hall–Kier alpha value is -2.66. The molecule has 4 aliphatic rings. The molecule has 2 aliphatic heterocycles. The van der Waals surface area contributed by atoms with E-state index in [9.17, 15) is 9.59 Å². The van der Waals surface area contributed by atoms with Crippen LogP contribution in [0.25, 0.3) is 0 Å². The van der Waals surface area contributed by atoms with Crippen LogP contribution in [-0.2, 0) is 14.2 Å². The Balaban J connectivity index is 1.40. The number of benzene rings is 2. The third kappa shape index (κ3) is 2.76. The molecule has 0 radical (unpaired) electrons. The molecule has 0 N–H and O–H groups in total. The molecule has 8 atom stereocenters. The van der Waals surface area contributed by atoms with Gasteiger partial charge in [-0.3, -0.25) is 0 Å². The number of carbonyl (C=O) groups excluding carboxylic acids is 2. The zero-order chi connectivity index (χ0) is 23.9. The van der Waals surface area contributed by atoms with Crippen LogP contribution in [0.4, 0.5) is 0 Å². The van der Waals surface area contributed by atoms with Crippen molar-refractivity contribution < 1.29 is 23.8 Å². The molecule has 178 valence electrons. The van der Waals surface area contributed by atoms with Crippen LogP contribution in [0, 0.1) is 22.7 Å². The molecule has 5 heteroatoms. The van der Waals surface area contributed by atoms with Crippen molar-refractivity contribution in [3.63, 3.8) is 0 Å². The van der Waals surface area contributed by atoms with Crippen LogP contribution < -0.4 is 0 Å². The fourth-order valence-electron chi connectivity index (χ4n) is 8.63. The highest BCUT2D eigenvalue weighted by Crippen LogP contribution is 2.79. The van der Waals surface area contributed by atoms with E-state index in [0.29, 0.717) is 11.1 Å². The van der Waals surface area contributed by atoms with Gasteiger partial charge in [0.15, 0.2) is 0 Å². The summed E-state index contributed by atoms with van der Waals surface area (Å²) in [6.45, 7) is 8.88. The molecule has 8 unspecified atom stereocenters. The van der Waals surface area contributed by atoms with Gasteiger partial charge in [0.25, 0.3) is 0 Å². The lowest BCUT2D eigenvalue weighted by molar-refractivity contribution is -0.141. The first kappa shape index (κ1) is 21.8. The molecular formula is C29H32O5. The summed E-state index contributed by atoms with van der Waals surface area (Å²) in [6, 6.07) is 18.1. The minimum Gasteiger partial charge on any atom is -0.454 e. The molecule has 4 fully saturated rings. The summed E-state index contributed by atoms with van der Waals surface area (Å²) < 4.78 is 19.3. The van der Waals surface area contributed by atoms with Gasteiger partial charge < -0.3 is 14.2 Å². The maximum Gasteiger partial charge on any atom is 0.338 e. The summed E-state index contributed by atoms with van der Waals surface area (Å²) in [6.07, 6.45) is 1.77. The van der Waals surface area contributed by atoms with E-state index in [1.54, 1.807) is 24.3 Å². The fourth-order valence-corrected chi connectivity index (χ4v) is 8.63. The standard InChI is InChI=1S/C29H32O5/c1-26-17-27(2,21-20(26)28(3)15-16-29(21,4)34-28)23(33-25(31)19-13-9-6-10-14-19)22(26)32-24(30)18-11-7-5-8-12-18/h5-14,20-23H,15-17H2,1-4H3. The Kier molecular flexibility index (Phi) is 4.46. The molecule has 34 heavy (non-hydrogen) atoms. The minimum atomic E-state index is -0.539. The average molecular weight is 461 g/mol. The predicted octanol–water partition coefficient (Wildman–Crippen LogP) is 5.44. The highest BCUT2D eigenvalue weighted by Gasteiger charge is 2.83. The van der Waals surface area contributed by atoms with Crippen LogP contribution in [0.2, 0.25) is 0 Å². The lowest BCUT2D eigenvalue weighted by Gasteiger charge is -2.52. The van der Waals surface area contributed by atoms with Gasteiger partial charge in [0.05, 0.1) is 22.3 Å². The molecular weight excluding hydrogens is 428 g/mol. The van der Waals surface area contributed by atoms with E-state index in [-0.39, 0.29) is 45.8 Å². The SMILES string of the molecule is CC12CCC(C)(O1)C1C2C2(C)CC1(C)C(OC(=O)c1ccccc1)C2OC(=O)c1ccccc1. The van der Waals surface area contributed by atoms with E-state index >= 15 is 0 Å². The molecule has 0 spiro atoms. The van der Waals surface area contributed by atoms with Crippen molar-refractivity contribution in [1.82, 2.24) is 0 Å². The zero-order valence-corrected chi connectivity index (χ0v) is 20.2. The van der Waals surface area contributed by atoms with Gasteiger partial charge in [-0.2, -0.15) is 0 Å². The van der Waals surface area contributed by atoms with Crippen LogP contribution in [0.15, 0.2) is 60.7 Å². The highest BCUT2D eigenvalue weighted by molar-refractivity contribution is 5.90. The summed E-state index contributed by atoms with van der Waals surface area (Å²) in [5, 5.41) is 0. The zero-order valence-electron chi connectivity index (χ0n) is 20.2. The van der Waals surface area contributed by atoms with E-state index in [4.69, 9.17) is 14.2 Å². The number of rotatable bonds is 4. The molecule has 2 aromatic carbocycles. The maximum atomic E-state index is 13.2. The first-order valence-corrected chi connectivity index (χ1v) is 12.3. The number of hydrogen-bond acceptors (Lipinski definition) is 5. The summed E-state index contributed by atoms with van der Waals surface area (Å²) >= 11 is 0. The number of hydrogen-bond donors (Lipinski definition) is 0. The van der Waals surface area contributed by atoms with Crippen molar-refractivity contribution in [2.45, 2.75) is 70.4 Å². The lowest BCUT2D eigenvalue weighted by atomic mass is 9.53. The van der Waals surface area contributed by atoms with Gasteiger partial charge in [-0.05, 0) is 57.4 Å². The summed E-state index contributed by atoms with van der Waals surface area (Å²) in [5.41, 5.74) is -0.191. The van der Waals surface area contributed by atoms with E-state index in [0.717, 1.165) is 19.3 Å². The quantitative estimate of drug-likeness (QED) is 0.569. The van der Waals surface area contributed by atoms with E-state index < -0.39 is 12.2 Å². The van der Waals surface area contributed by atoms with Gasteiger partial charge in [-0.15, -0.1) is 0 Å². The Morgan fingerprint density at radius 1 is 0.706 bits per heavy atom. The normalized spacial score (nSPS) is 43.5. The van der Waals surface area contributed by atoms with Crippen LogP contribution in [0.5, 0.6) is 0 Å². The van der Waals surface area contributed by atoms with Crippen molar-refractivity contribution in [1.29, 1.82) is 0 Å². The van der Waals surface area contributed by atoms with Crippen molar-refractivity contribution in [2.75, 3.05) is 0 Å². The molecule has 2 aromatic rings. The van der Waals surface area contributed by atoms with E-state index in [1.807, 2.05) is 36.4 Å². The minimum absolute atomic E-state index is 0.240. The third-order valence-electron chi connectivity index (χ3n) is 9.48. The Bertz CT molecular complexity index is 1060. The Morgan fingerprint density at radius 2 is 1.09 bits per heavy atom. The van der Waals surface area contributed by atoms with Crippen molar-refractivity contribution in [2.24, 2.45) is 22.7 Å². The Labute approximate surface area is 200 Å². The molecule has 6 rings (SSSR count). The lowest BCUT2D eigenvalue weighted by Crippen LogP contribution is -2.60. The fraction of sp³-hybridized carbons (Fsp3) is 0.517. The van der Waals surface area contributed by atoms with Gasteiger partial charge >= 0.3 is 11.9 Å². The average Bonchev–Trinajstić information content (AvgIpc) is 3.44. The first-order valence-electron chi connectivity index (χ1n) is 12.3. The first-order chi connectivity index (χ1) is 16.1. The van der Waals surface area contributed by atoms with Crippen LogP contribution in [0.3, 0.4) is 0 Å². The molecule has 5 nitrogen and oxygen atoms in total. The number of esters is 2. The number of ether oxygens (including phenoxy) is 3. The third-order valence-corrected chi connectivity index (χ3v) is 9.48. The van der Waals surface area contributed by atoms with Gasteiger partial charge in [0.1, 0.15) is 12.2 Å². The topological polar surface area (TPSA) is 61.8 Å². The second kappa shape index (κ2) is 6.94. The molecule has 2 saturated heterocycles. The van der Waals surface area contributed by atoms with Gasteiger partial charge in [0, 0.05) is 22.7 Å². The second-order valence-electron chi connectivity index (χ2n) is 11.8. The summed E-state index contributed by atoms with van der Waals surface area (Å²) in [4.78, 5) is 26.5. The van der Waals surface area contributed by atoms with Crippen molar-refractivity contribution in [3.05, 3.63) is 71.8 Å². The van der Waals surface area contributed by atoms with E-state index in [1.165, 1.54) is 0 Å². The number of fused-ring (bicyclic) bond motifs is 9.